The molecule has 0 radical (unpaired) electrons. The summed E-state index contributed by atoms with van der Waals surface area (Å²) in [4.78, 5) is 3.94. The minimum absolute atomic E-state index is 0.296. The lowest BCUT2D eigenvalue weighted by Crippen LogP contribution is -2.15. The van der Waals surface area contributed by atoms with Crippen molar-refractivity contribution < 1.29 is 8.78 Å². The van der Waals surface area contributed by atoms with Crippen LogP contribution < -0.4 is 11.5 Å². The minimum atomic E-state index is -0.614. The van der Waals surface area contributed by atoms with Crippen molar-refractivity contribution in [1.82, 2.24) is 4.98 Å². The van der Waals surface area contributed by atoms with Crippen LogP contribution >= 0.6 is 0 Å². The Morgan fingerprint density at radius 1 is 1.17 bits per heavy atom. The SMILES string of the molecule is Nc1ccncc1C(N)Cc1cc(F)cc(F)c1. The number of aromatic nitrogens is 1. The van der Waals surface area contributed by atoms with E-state index in [1.54, 1.807) is 18.5 Å². The van der Waals surface area contributed by atoms with Crippen molar-refractivity contribution in [2.24, 2.45) is 5.73 Å². The molecular weight excluding hydrogens is 236 g/mol. The molecule has 4 N–H and O–H groups in total. The van der Waals surface area contributed by atoms with Crippen LogP contribution in [-0.2, 0) is 6.42 Å². The molecular formula is C13H13F2N3. The molecule has 0 aliphatic heterocycles. The second kappa shape index (κ2) is 5.10. The Hall–Kier alpha value is -2.01. The molecule has 0 saturated heterocycles. The van der Waals surface area contributed by atoms with Crippen LogP contribution in [0.4, 0.5) is 14.5 Å². The van der Waals surface area contributed by atoms with Gasteiger partial charge in [-0.25, -0.2) is 8.78 Å². The predicted molar refractivity (Wildman–Crippen MR) is 65.6 cm³/mol. The Morgan fingerprint density at radius 2 is 1.83 bits per heavy atom. The smallest absolute Gasteiger partial charge is 0.126 e. The van der Waals surface area contributed by atoms with Crippen LogP contribution in [0.15, 0.2) is 36.7 Å². The number of benzene rings is 1. The molecule has 0 fully saturated rings. The highest BCUT2D eigenvalue weighted by Crippen LogP contribution is 2.21. The third-order valence-corrected chi connectivity index (χ3v) is 2.66. The molecule has 1 aromatic carbocycles. The molecule has 1 unspecified atom stereocenters. The average molecular weight is 249 g/mol. The molecule has 1 aromatic heterocycles. The van der Waals surface area contributed by atoms with E-state index in [0.717, 1.165) is 6.07 Å². The number of halogens is 2. The second-order valence-electron chi connectivity index (χ2n) is 4.09. The summed E-state index contributed by atoms with van der Waals surface area (Å²) in [5.41, 5.74) is 13.4. The molecule has 0 amide bonds. The van der Waals surface area contributed by atoms with E-state index in [2.05, 4.69) is 4.98 Å². The van der Waals surface area contributed by atoms with Crippen molar-refractivity contribution in [3.63, 3.8) is 0 Å². The molecule has 0 aliphatic rings. The fourth-order valence-corrected chi connectivity index (χ4v) is 1.82. The number of nitrogens with zero attached hydrogens (tertiary/aromatic N) is 1. The summed E-state index contributed by atoms with van der Waals surface area (Å²) in [6.45, 7) is 0. The summed E-state index contributed by atoms with van der Waals surface area (Å²) in [6.07, 6.45) is 3.42. The zero-order chi connectivity index (χ0) is 13.1. The van der Waals surface area contributed by atoms with Crippen molar-refractivity contribution in [1.29, 1.82) is 0 Å². The number of hydrogen-bond donors (Lipinski definition) is 2. The lowest BCUT2D eigenvalue weighted by molar-refractivity contribution is 0.576. The van der Waals surface area contributed by atoms with Crippen LogP contribution in [0.1, 0.15) is 17.2 Å². The summed E-state index contributed by atoms with van der Waals surface area (Å²) in [7, 11) is 0. The minimum Gasteiger partial charge on any atom is -0.398 e. The van der Waals surface area contributed by atoms with Crippen molar-refractivity contribution in [3.05, 3.63) is 59.4 Å². The molecule has 2 aromatic rings. The quantitative estimate of drug-likeness (QED) is 0.876. The summed E-state index contributed by atoms with van der Waals surface area (Å²) in [5.74, 6) is -1.23. The number of hydrogen-bond acceptors (Lipinski definition) is 3. The fraction of sp³-hybridized carbons (Fsp3) is 0.154. The van der Waals surface area contributed by atoms with Gasteiger partial charge in [-0.3, -0.25) is 4.98 Å². The number of anilines is 1. The first-order valence-corrected chi connectivity index (χ1v) is 5.46. The lowest BCUT2D eigenvalue weighted by Gasteiger charge is -2.14. The van der Waals surface area contributed by atoms with Crippen molar-refractivity contribution in [2.45, 2.75) is 12.5 Å². The normalized spacial score (nSPS) is 12.4. The molecule has 5 heteroatoms. The van der Waals surface area contributed by atoms with Gasteiger partial charge in [-0.1, -0.05) is 0 Å². The van der Waals surface area contributed by atoms with Gasteiger partial charge < -0.3 is 11.5 Å². The number of nitrogen functional groups attached to an aromatic ring is 1. The van der Waals surface area contributed by atoms with Crippen LogP contribution in [0.3, 0.4) is 0 Å². The van der Waals surface area contributed by atoms with Crippen LogP contribution in [-0.4, -0.2) is 4.98 Å². The standard InChI is InChI=1S/C13H13F2N3/c14-9-3-8(4-10(15)6-9)5-13(17)11-7-18-2-1-12(11)16/h1-4,6-7,13H,5,17H2,(H2,16,18). The van der Waals surface area contributed by atoms with Gasteiger partial charge in [0.1, 0.15) is 11.6 Å². The van der Waals surface area contributed by atoms with E-state index in [9.17, 15) is 8.78 Å². The highest BCUT2D eigenvalue weighted by atomic mass is 19.1. The number of rotatable bonds is 3. The average Bonchev–Trinajstić information content (AvgIpc) is 2.27. The summed E-state index contributed by atoms with van der Waals surface area (Å²) in [5, 5.41) is 0. The largest absolute Gasteiger partial charge is 0.398 e. The van der Waals surface area contributed by atoms with Gasteiger partial charge in [-0.2, -0.15) is 0 Å². The van der Waals surface area contributed by atoms with Gasteiger partial charge in [0.05, 0.1) is 0 Å². The van der Waals surface area contributed by atoms with E-state index in [4.69, 9.17) is 11.5 Å². The maximum atomic E-state index is 13.0. The molecule has 0 bridgehead atoms. The van der Waals surface area contributed by atoms with E-state index in [1.807, 2.05) is 0 Å². The van der Waals surface area contributed by atoms with Crippen molar-refractivity contribution >= 4 is 5.69 Å². The second-order valence-corrected chi connectivity index (χ2v) is 4.09. The van der Waals surface area contributed by atoms with Gasteiger partial charge >= 0.3 is 0 Å². The Labute approximate surface area is 103 Å². The lowest BCUT2D eigenvalue weighted by atomic mass is 10.00. The zero-order valence-electron chi connectivity index (χ0n) is 9.61. The molecule has 94 valence electrons. The van der Waals surface area contributed by atoms with E-state index < -0.39 is 17.7 Å². The molecule has 2 rings (SSSR count). The zero-order valence-corrected chi connectivity index (χ0v) is 9.61. The van der Waals surface area contributed by atoms with Crippen molar-refractivity contribution in [2.75, 3.05) is 5.73 Å². The highest BCUT2D eigenvalue weighted by molar-refractivity contribution is 5.46. The summed E-state index contributed by atoms with van der Waals surface area (Å²) >= 11 is 0. The van der Waals surface area contributed by atoms with Crippen LogP contribution in [0.5, 0.6) is 0 Å². The molecule has 3 nitrogen and oxygen atoms in total. The fourth-order valence-electron chi connectivity index (χ4n) is 1.82. The molecule has 0 saturated carbocycles. The van der Waals surface area contributed by atoms with Crippen LogP contribution in [0, 0.1) is 11.6 Å². The van der Waals surface area contributed by atoms with Gasteiger partial charge in [0.2, 0.25) is 0 Å². The highest BCUT2D eigenvalue weighted by Gasteiger charge is 2.11. The van der Waals surface area contributed by atoms with Gasteiger partial charge in [0.15, 0.2) is 0 Å². The summed E-state index contributed by atoms with van der Waals surface area (Å²) < 4.78 is 26.1. The topological polar surface area (TPSA) is 64.9 Å². The molecule has 0 spiro atoms. The van der Waals surface area contributed by atoms with Crippen LogP contribution in [0.25, 0.3) is 0 Å². The Morgan fingerprint density at radius 3 is 2.44 bits per heavy atom. The first-order chi connectivity index (χ1) is 8.56. The van der Waals surface area contributed by atoms with Crippen molar-refractivity contribution in [3.8, 4) is 0 Å². The monoisotopic (exact) mass is 249 g/mol. The van der Waals surface area contributed by atoms with Crippen LogP contribution in [0.2, 0.25) is 0 Å². The Balaban J connectivity index is 2.21. The molecule has 0 aliphatic carbocycles. The molecule has 1 atom stereocenters. The maximum Gasteiger partial charge on any atom is 0.126 e. The third kappa shape index (κ3) is 2.81. The van der Waals surface area contributed by atoms with E-state index in [-0.39, 0.29) is 0 Å². The maximum absolute atomic E-state index is 13.0. The van der Waals surface area contributed by atoms with Gasteiger partial charge in [-0.05, 0) is 30.2 Å². The van der Waals surface area contributed by atoms with E-state index >= 15 is 0 Å². The third-order valence-electron chi connectivity index (χ3n) is 2.66. The predicted octanol–water partition coefficient (Wildman–Crippen LogP) is 2.18. The van der Waals surface area contributed by atoms with E-state index in [0.29, 0.717) is 23.2 Å². The number of pyridine rings is 1. The molecule has 18 heavy (non-hydrogen) atoms. The first kappa shape index (κ1) is 12.4. The van der Waals surface area contributed by atoms with Gasteiger partial charge in [0, 0.05) is 35.8 Å². The van der Waals surface area contributed by atoms with E-state index in [1.165, 1.54) is 12.1 Å². The summed E-state index contributed by atoms with van der Waals surface area (Å²) in [6, 6.07) is 4.54. The Kier molecular flexibility index (Phi) is 3.53. The first-order valence-electron chi connectivity index (χ1n) is 5.46. The molecule has 1 heterocycles. The van der Waals surface area contributed by atoms with Gasteiger partial charge in [-0.15, -0.1) is 0 Å². The number of nitrogens with two attached hydrogens (primary N) is 2. The Bertz CT molecular complexity index is 537. The van der Waals surface area contributed by atoms with Gasteiger partial charge in [0.25, 0.3) is 0 Å².